The molecule has 120 valence electrons. The molecule has 0 N–H and O–H groups in total. The Bertz CT molecular complexity index is 680. The van der Waals surface area contributed by atoms with Gasteiger partial charge < -0.3 is 14.4 Å². The Hall–Kier alpha value is -1.85. The highest BCUT2D eigenvalue weighted by molar-refractivity contribution is 9.10. The van der Waals surface area contributed by atoms with Gasteiger partial charge in [-0.3, -0.25) is 4.99 Å². The summed E-state index contributed by atoms with van der Waals surface area (Å²) in [5, 5.41) is 0. The first-order valence-corrected chi connectivity index (χ1v) is 8.36. The molecule has 0 aromatic heterocycles. The number of methoxy groups -OCH3 is 1. The second-order valence-electron chi connectivity index (χ2n) is 5.26. The molecule has 1 heterocycles. The third kappa shape index (κ3) is 4.12. The maximum absolute atomic E-state index is 5.38. The molecule has 1 aliphatic rings. The normalized spacial score (nSPS) is 15.1. The fourth-order valence-corrected chi connectivity index (χ4v) is 2.90. The quantitative estimate of drug-likeness (QED) is 0.757. The standard InChI is InChI=1S/C18H19BrN2O2/c1-22-18-7-2-15(19)12-14(18)13-20-16-3-5-17(6-4-16)21-8-10-23-11-9-21/h2-7,12-13H,8-11H2,1H3. The predicted molar refractivity (Wildman–Crippen MR) is 97.4 cm³/mol. The van der Waals surface area contributed by atoms with Gasteiger partial charge in [0.1, 0.15) is 5.75 Å². The van der Waals surface area contributed by atoms with Gasteiger partial charge in [-0.05, 0) is 42.5 Å². The second kappa shape index (κ2) is 7.62. The summed E-state index contributed by atoms with van der Waals surface area (Å²) in [6, 6.07) is 14.1. The highest BCUT2D eigenvalue weighted by Gasteiger charge is 2.10. The Morgan fingerprint density at radius 2 is 1.87 bits per heavy atom. The first kappa shape index (κ1) is 16.0. The minimum absolute atomic E-state index is 0.794. The van der Waals surface area contributed by atoms with Crippen LogP contribution >= 0.6 is 15.9 Å². The Morgan fingerprint density at radius 1 is 1.13 bits per heavy atom. The first-order valence-electron chi connectivity index (χ1n) is 7.56. The lowest BCUT2D eigenvalue weighted by molar-refractivity contribution is 0.122. The molecule has 5 heteroatoms. The molecule has 0 spiro atoms. The summed E-state index contributed by atoms with van der Waals surface area (Å²) in [4.78, 5) is 6.87. The zero-order chi connectivity index (χ0) is 16.1. The Morgan fingerprint density at radius 3 is 2.57 bits per heavy atom. The molecule has 1 saturated heterocycles. The van der Waals surface area contributed by atoms with Crippen molar-refractivity contribution in [1.29, 1.82) is 0 Å². The number of aliphatic imine (C=N–C) groups is 1. The van der Waals surface area contributed by atoms with Crippen LogP contribution in [-0.2, 0) is 4.74 Å². The zero-order valence-electron chi connectivity index (χ0n) is 13.0. The predicted octanol–water partition coefficient (Wildman–Crippen LogP) is 4.04. The van der Waals surface area contributed by atoms with E-state index in [4.69, 9.17) is 9.47 Å². The van der Waals surface area contributed by atoms with E-state index in [1.165, 1.54) is 5.69 Å². The summed E-state index contributed by atoms with van der Waals surface area (Å²) in [6.07, 6.45) is 1.83. The SMILES string of the molecule is COc1ccc(Br)cc1C=Nc1ccc(N2CCOCC2)cc1. The molecule has 0 aliphatic carbocycles. The van der Waals surface area contributed by atoms with E-state index >= 15 is 0 Å². The maximum atomic E-state index is 5.38. The smallest absolute Gasteiger partial charge is 0.127 e. The van der Waals surface area contributed by atoms with Crippen molar-refractivity contribution in [2.75, 3.05) is 38.3 Å². The van der Waals surface area contributed by atoms with Gasteiger partial charge in [-0.2, -0.15) is 0 Å². The van der Waals surface area contributed by atoms with Crippen LogP contribution in [0.15, 0.2) is 51.9 Å². The van der Waals surface area contributed by atoms with Gasteiger partial charge >= 0.3 is 0 Å². The highest BCUT2D eigenvalue weighted by Crippen LogP contribution is 2.24. The zero-order valence-corrected chi connectivity index (χ0v) is 14.6. The average molecular weight is 375 g/mol. The number of halogens is 1. The Balaban J connectivity index is 1.74. The van der Waals surface area contributed by atoms with Crippen molar-refractivity contribution in [3.63, 3.8) is 0 Å². The summed E-state index contributed by atoms with van der Waals surface area (Å²) in [6.45, 7) is 3.47. The molecule has 23 heavy (non-hydrogen) atoms. The van der Waals surface area contributed by atoms with E-state index in [-0.39, 0.29) is 0 Å². The van der Waals surface area contributed by atoms with E-state index in [2.05, 4.69) is 38.0 Å². The molecule has 0 saturated carbocycles. The van der Waals surface area contributed by atoms with Crippen LogP contribution in [-0.4, -0.2) is 39.6 Å². The van der Waals surface area contributed by atoms with Crippen LogP contribution in [0.3, 0.4) is 0 Å². The van der Waals surface area contributed by atoms with Crippen molar-refractivity contribution in [3.8, 4) is 5.75 Å². The van der Waals surface area contributed by atoms with Crippen molar-refractivity contribution < 1.29 is 9.47 Å². The molecule has 3 rings (SSSR count). The summed E-state index contributed by atoms with van der Waals surface area (Å²) in [5.74, 6) is 0.807. The van der Waals surface area contributed by atoms with E-state index in [0.717, 1.165) is 47.8 Å². The van der Waals surface area contributed by atoms with Crippen LogP contribution in [0.25, 0.3) is 0 Å². The van der Waals surface area contributed by atoms with Gasteiger partial charge in [0.2, 0.25) is 0 Å². The van der Waals surface area contributed by atoms with Crippen molar-refractivity contribution in [1.82, 2.24) is 0 Å². The lowest BCUT2D eigenvalue weighted by atomic mass is 10.2. The fraction of sp³-hybridized carbons (Fsp3) is 0.278. The van der Waals surface area contributed by atoms with Crippen molar-refractivity contribution in [2.24, 2.45) is 4.99 Å². The van der Waals surface area contributed by atoms with Gasteiger partial charge in [0.05, 0.1) is 26.0 Å². The highest BCUT2D eigenvalue weighted by atomic mass is 79.9. The van der Waals surface area contributed by atoms with Crippen LogP contribution < -0.4 is 9.64 Å². The summed E-state index contributed by atoms with van der Waals surface area (Å²) >= 11 is 3.47. The molecular formula is C18H19BrN2O2. The minimum Gasteiger partial charge on any atom is -0.496 e. The van der Waals surface area contributed by atoms with Crippen LogP contribution in [0.5, 0.6) is 5.75 Å². The largest absolute Gasteiger partial charge is 0.496 e. The molecule has 0 atom stereocenters. The van der Waals surface area contributed by atoms with Crippen molar-refractivity contribution in [2.45, 2.75) is 0 Å². The van der Waals surface area contributed by atoms with E-state index in [1.807, 2.05) is 36.5 Å². The number of anilines is 1. The Kier molecular flexibility index (Phi) is 5.31. The number of rotatable bonds is 4. The van der Waals surface area contributed by atoms with Gasteiger partial charge in [-0.25, -0.2) is 0 Å². The second-order valence-corrected chi connectivity index (χ2v) is 6.18. The minimum atomic E-state index is 0.794. The number of benzene rings is 2. The van der Waals surface area contributed by atoms with Crippen molar-refractivity contribution >= 4 is 33.5 Å². The molecule has 0 radical (unpaired) electrons. The number of morpholine rings is 1. The number of hydrogen-bond acceptors (Lipinski definition) is 4. The van der Waals surface area contributed by atoms with E-state index in [1.54, 1.807) is 7.11 Å². The molecule has 0 amide bonds. The summed E-state index contributed by atoms with van der Waals surface area (Å²) < 4.78 is 11.7. The van der Waals surface area contributed by atoms with Crippen LogP contribution in [0.2, 0.25) is 0 Å². The molecule has 1 aliphatic heterocycles. The number of ether oxygens (including phenoxy) is 2. The van der Waals surface area contributed by atoms with Crippen LogP contribution in [0.4, 0.5) is 11.4 Å². The molecule has 1 fully saturated rings. The average Bonchev–Trinajstić information content (AvgIpc) is 2.61. The van der Waals surface area contributed by atoms with Gasteiger partial charge in [0.25, 0.3) is 0 Å². The number of nitrogens with zero attached hydrogens (tertiary/aromatic N) is 2. The van der Waals surface area contributed by atoms with Crippen LogP contribution in [0, 0.1) is 0 Å². The molecule has 2 aromatic rings. The van der Waals surface area contributed by atoms with Crippen molar-refractivity contribution in [3.05, 3.63) is 52.5 Å². The van der Waals surface area contributed by atoms with E-state index < -0.39 is 0 Å². The third-order valence-electron chi connectivity index (χ3n) is 3.77. The molecule has 2 aromatic carbocycles. The van der Waals surface area contributed by atoms with Gasteiger partial charge in [0.15, 0.2) is 0 Å². The molecule has 0 bridgehead atoms. The lowest BCUT2D eigenvalue weighted by Gasteiger charge is -2.28. The van der Waals surface area contributed by atoms with E-state index in [9.17, 15) is 0 Å². The molecule has 0 unspecified atom stereocenters. The Labute approximate surface area is 144 Å². The number of hydrogen-bond donors (Lipinski definition) is 0. The fourth-order valence-electron chi connectivity index (χ4n) is 2.52. The van der Waals surface area contributed by atoms with E-state index in [0.29, 0.717) is 0 Å². The van der Waals surface area contributed by atoms with Gasteiger partial charge in [-0.1, -0.05) is 15.9 Å². The summed E-state index contributed by atoms with van der Waals surface area (Å²) in [7, 11) is 1.66. The first-order chi connectivity index (χ1) is 11.3. The van der Waals surface area contributed by atoms with Crippen LogP contribution in [0.1, 0.15) is 5.56 Å². The third-order valence-corrected chi connectivity index (χ3v) is 4.26. The maximum Gasteiger partial charge on any atom is 0.127 e. The molecule has 4 nitrogen and oxygen atoms in total. The molecular weight excluding hydrogens is 356 g/mol. The lowest BCUT2D eigenvalue weighted by Crippen LogP contribution is -2.36. The van der Waals surface area contributed by atoms with Gasteiger partial charge in [-0.15, -0.1) is 0 Å². The van der Waals surface area contributed by atoms with Gasteiger partial charge in [0, 0.05) is 35.0 Å². The topological polar surface area (TPSA) is 34.1 Å². The monoisotopic (exact) mass is 374 g/mol. The summed E-state index contributed by atoms with van der Waals surface area (Å²) in [5.41, 5.74) is 3.08.